The number of nitrogens with one attached hydrogen (secondary N) is 1. The van der Waals surface area contributed by atoms with E-state index in [-0.39, 0.29) is 11.9 Å². The molecule has 0 fully saturated rings. The van der Waals surface area contributed by atoms with E-state index in [1.807, 2.05) is 6.92 Å². The molecule has 0 spiro atoms. The second-order valence-electron chi connectivity index (χ2n) is 3.06. The van der Waals surface area contributed by atoms with Gasteiger partial charge in [-0.2, -0.15) is 0 Å². The van der Waals surface area contributed by atoms with Crippen molar-refractivity contribution in [1.82, 2.24) is 5.32 Å². The van der Waals surface area contributed by atoms with Crippen molar-refractivity contribution in [2.24, 2.45) is 0 Å². The fraction of sp³-hybridized carbons (Fsp3) is 0.444. The van der Waals surface area contributed by atoms with Gasteiger partial charge in [0.15, 0.2) is 0 Å². The van der Waals surface area contributed by atoms with Gasteiger partial charge in [0.1, 0.15) is 0 Å². The molecule has 15 heavy (non-hydrogen) atoms. The van der Waals surface area contributed by atoms with Crippen molar-refractivity contribution in [3.05, 3.63) is 19.2 Å². The Labute approximate surface area is 109 Å². The summed E-state index contributed by atoms with van der Waals surface area (Å²) in [6.07, 6.45) is 0. The molecule has 1 amide bonds. The number of carbonyl (C=O) groups is 1. The molecule has 84 valence electrons. The van der Waals surface area contributed by atoms with Crippen molar-refractivity contribution in [1.29, 1.82) is 0 Å². The molecular weight excluding hydrogens is 346 g/mol. The van der Waals surface area contributed by atoms with Crippen LogP contribution >= 0.6 is 43.2 Å². The van der Waals surface area contributed by atoms with E-state index in [0.717, 1.165) is 8.26 Å². The van der Waals surface area contributed by atoms with Crippen LogP contribution in [-0.4, -0.2) is 25.7 Å². The topological polar surface area (TPSA) is 38.3 Å². The first-order valence-electron chi connectivity index (χ1n) is 4.29. The minimum absolute atomic E-state index is 0.0159. The maximum atomic E-state index is 11.7. The van der Waals surface area contributed by atoms with E-state index in [1.165, 1.54) is 11.3 Å². The molecule has 6 heteroatoms. The first-order chi connectivity index (χ1) is 7.04. The Hall–Kier alpha value is 0.0900. The standard InChI is InChI=1S/C9H11Br2NO2S/c1-5(4-14-2)12-9(13)7-3-6(10)8(11)15-7/h3,5H,4H2,1-2H3,(H,12,13)/t5-/m1/s1. The molecule has 0 aliphatic carbocycles. The third kappa shape index (κ3) is 3.86. The highest BCUT2D eigenvalue weighted by atomic mass is 79.9. The number of carbonyl (C=O) groups excluding carboxylic acids is 1. The average Bonchev–Trinajstić information content (AvgIpc) is 2.47. The Morgan fingerprint density at radius 2 is 2.33 bits per heavy atom. The van der Waals surface area contributed by atoms with Crippen LogP contribution in [0.5, 0.6) is 0 Å². The number of methoxy groups -OCH3 is 1. The molecule has 1 rings (SSSR count). The van der Waals surface area contributed by atoms with Gasteiger partial charge in [-0.1, -0.05) is 0 Å². The molecule has 1 N–H and O–H groups in total. The van der Waals surface area contributed by atoms with E-state index in [4.69, 9.17) is 4.74 Å². The Bertz CT molecular complexity index is 334. The first-order valence-corrected chi connectivity index (χ1v) is 6.69. The number of hydrogen-bond acceptors (Lipinski definition) is 3. The molecule has 0 bridgehead atoms. The van der Waals surface area contributed by atoms with Crippen molar-refractivity contribution in [2.45, 2.75) is 13.0 Å². The van der Waals surface area contributed by atoms with Gasteiger partial charge in [0.25, 0.3) is 5.91 Å². The molecule has 0 aliphatic heterocycles. The van der Waals surface area contributed by atoms with Crippen molar-refractivity contribution < 1.29 is 9.53 Å². The molecular formula is C9H11Br2NO2S. The van der Waals surface area contributed by atoms with E-state index in [1.54, 1.807) is 13.2 Å². The Morgan fingerprint density at radius 1 is 1.67 bits per heavy atom. The molecule has 0 aliphatic rings. The largest absolute Gasteiger partial charge is 0.383 e. The summed E-state index contributed by atoms with van der Waals surface area (Å²) in [5, 5.41) is 2.84. The van der Waals surface area contributed by atoms with E-state index < -0.39 is 0 Å². The van der Waals surface area contributed by atoms with E-state index in [0.29, 0.717) is 11.5 Å². The van der Waals surface area contributed by atoms with Gasteiger partial charge in [-0.15, -0.1) is 11.3 Å². The molecule has 1 aromatic heterocycles. The number of halogens is 2. The quantitative estimate of drug-likeness (QED) is 0.900. The zero-order valence-corrected chi connectivity index (χ0v) is 12.3. The Balaban J connectivity index is 2.61. The number of amides is 1. The SMILES string of the molecule is COC[C@@H](C)NC(=O)c1cc(Br)c(Br)s1. The summed E-state index contributed by atoms with van der Waals surface area (Å²) in [7, 11) is 1.61. The molecule has 0 aromatic carbocycles. The minimum atomic E-state index is -0.0732. The second kappa shape index (κ2) is 5.98. The van der Waals surface area contributed by atoms with Crippen LogP contribution in [0.1, 0.15) is 16.6 Å². The second-order valence-corrected chi connectivity index (χ2v) is 6.29. The van der Waals surface area contributed by atoms with Gasteiger partial charge in [-0.25, -0.2) is 0 Å². The smallest absolute Gasteiger partial charge is 0.261 e. The van der Waals surface area contributed by atoms with Gasteiger partial charge in [0.2, 0.25) is 0 Å². The van der Waals surface area contributed by atoms with Crippen LogP contribution in [0.4, 0.5) is 0 Å². The summed E-state index contributed by atoms with van der Waals surface area (Å²) < 4.78 is 6.76. The van der Waals surface area contributed by atoms with E-state index in [9.17, 15) is 4.79 Å². The van der Waals surface area contributed by atoms with E-state index in [2.05, 4.69) is 37.2 Å². The number of hydrogen-bond donors (Lipinski definition) is 1. The predicted molar refractivity (Wildman–Crippen MR) is 68.5 cm³/mol. The van der Waals surface area contributed by atoms with Gasteiger partial charge in [0.05, 0.1) is 15.3 Å². The highest BCUT2D eigenvalue weighted by Gasteiger charge is 2.13. The van der Waals surface area contributed by atoms with Gasteiger partial charge in [-0.3, -0.25) is 4.79 Å². The van der Waals surface area contributed by atoms with Gasteiger partial charge < -0.3 is 10.1 Å². The van der Waals surface area contributed by atoms with Crippen LogP contribution < -0.4 is 5.32 Å². The summed E-state index contributed by atoms with van der Waals surface area (Å²) in [5.41, 5.74) is 0. The van der Waals surface area contributed by atoms with Crippen LogP contribution in [0.25, 0.3) is 0 Å². The summed E-state index contributed by atoms with van der Waals surface area (Å²) in [5.74, 6) is -0.0732. The molecule has 1 atom stereocenters. The van der Waals surface area contributed by atoms with Crippen LogP contribution in [0.3, 0.4) is 0 Å². The highest BCUT2D eigenvalue weighted by Crippen LogP contribution is 2.32. The van der Waals surface area contributed by atoms with Gasteiger partial charge in [-0.05, 0) is 44.8 Å². The Kier molecular flexibility index (Phi) is 5.25. The zero-order valence-electron chi connectivity index (χ0n) is 8.34. The highest BCUT2D eigenvalue weighted by molar-refractivity contribution is 9.13. The van der Waals surface area contributed by atoms with Crippen molar-refractivity contribution in [3.8, 4) is 0 Å². The molecule has 3 nitrogen and oxygen atoms in total. The van der Waals surface area contributed by atoms with Gasteiger partial charge >= 0.3 is 0 Å². The summed E-state index contributed by atoms with van der Waals surface area (Å²) in [6, 6.07) is 1.81. The van der Waals surface area contributed by atoms with Crippen molar-refractivity contribution in [2.75, 3.05) is 13.7 Å². The normalized spacial score (nSPS) is 12.5. The van der Waals surface area contributed by atoms with Crippen molar-refractivity contribution >= 4 is 49.1 Å². The lowest BCUT2D eigenvalue weighted by Crippen LogP contribution is -2.35. The third-order valence-electron chi connectivity index (χ3n) is 1.66. The molecule has 0 unspecified atom stereocenters. The maximum absolute atomic E-state index is 11.7. The lowest BCUT2D eigenvalue weighted by molar-refractivity contribution is 0.0909. The third-order valence-corrected chi connectivity index (χ3v) is 4.92. The van der Waals surface area contributed by atoms with Crippen molar-refractivity contribution in [3.63, 3.8) is 0 Å². The van der Waals surface area contributed by atoms with Crippen LogP contribution in [0.2, 0.25) is 0 Å². The monoisotopic (exact) mass is 355 g/mol. The summed E-state index contributed by atoms with van der Waals surface area (Å²) >= 11 is 8.09. The molecule has 1 aromatic rings. The van der Waals surface area contributed by atoms with Crippen LogP contribution in [0, 0.1) is 0 Å². The molecule has 0 saturated heterocycles. The minimum Gasteiger partial charge on any atom is -0.383 e. The van der Waals surface area contributed by atoms with Crippen LogP contribution in [-0.2, 0) is 4.74 Å². The molecule has 0 radical (unpaired) electrons. The summed E-state index contributed by atoms with van der Waals surface area (Å²) in [4.78, 5) is 12.4. The molecule has 1 heterocycles. The van der Waals surface area contributed by atoms with Crippen LogP contribution in [0.15, 0.2) is 14.3 Å². The number of thiophene rings is 1. The lowest BCUT2D eigenvalue weighted by Gasteiger charge is -2.11. The van der Waals surface area contributed by atoms with Gasteiger partial charge in [0, 0.05) is 17.6 Å². The fourth-order valence-corrected chi connectivity index (χ4v) is 2.98. The average molecular weight is 357 g/mol. The zero-order chi connectivity index (χ0) is 11.4. The Morgan fingerprint density at radius 3 is 2.80 bits per heavy atom. The van der Waals surface area contributed by atoms with E-state index >= 15 is 0 Å². The summed E-state index contributed by atoms with van der Waals surface area (Å²) in [6.45, 7) is 2.42. The fourth-order valence-electron chi connectivity index (χ4n) is 1.05. The predicted octanol–water partition coefficient (Wildman–Crippen LogP) is 3.04. The molecule has 0 saturated carbocycles. The number of ether oxygens (including phenoxy) is 1. The number of rotatable bonds is 4. The maximum Gasteiger partial charge on any atom is 0.261 e. The first kappa shape index (κ1) is 13.2. The lowest BCUT2D eigenvalue weighted by atomic mass is 10.3.